The molecule has 0 aromatic heterocycles. The van der Waals surface area contributed by atoms with Crippen LogP contribution in [0.5, 0.6) is 0 Å². The number of rotatable bonds is 2. The van der Waals surface area contributed by atoms with Gasteiger partial charge in [0.25, 0.3) is 0 Å². The number of alkyl halides is 1. The van der Waals surface area contributed by atoms with Crippen LogP contribution < -0.4 is 0 Å². The Labute approximate surface area is 86.3 Å². The third kappa shape index (κ3) is 1.41. The van der Waals surface area contributed by atoms with Crippen molar-refractivity contribution in [3.63, 3.8) is 0 Å². The molecule has 0 radical (unpaired) electrons. The lowest BCUT2D eigenvalue weighted by molar-refractivity contribution is 0.184. The molecule has 0 saturated heterocycles. The summed E-state index contributed by atoms with van der Waals surface area (Å²) < 4.78 is 14.0. The van der Waals surface area contributed by atoms with Crippen molar-refractivity contribution in [3.8, 4) is 0 Å². The second-order valence-electron chi connectivity index (χ2n) is 3.75. The lowest BCUT2D eigenvalue weighted by Gasteiger charge is -2.40. The van der Waals surface area contributed by atoms with Crippen LogP contribution in [0.2, 0.25) is 0 Å². The van der Waals surface area contributed by atoms with Crippen molar-refractivity contribution >= 4 is 15.9 Å². The zero-order valence-electron chi connectivity index (χ0n) is 7.39. The number of hydrogen-bond acceptors (Lipinski definition) is 0. The van der Waals surface area contributed by atoms with Crippen LogP contribution >= 0.6 is 15.9 Å². The van der Waals surface area contributed by atoms with Crippen molar-refractivity contribution < 1.29 is 4.39 Å². The van der Waals surface area contributed by atoms with Gasteiger partial charge in [-0.3, -0.25) is 4.39 Å². The van der Waals surface area contributed by atoms with Crippen LogP contribution in [0.4, 0.5) is 4.39 Å². The van der Waals surface area contributed by atoms with Crippen LogP contribution in [0.1, 0.15) is 24.8 Å². The van der Waals surface area contributed by atoms with Crippen molar-refractivity contribution in [3.05, 3.63) is 34.3 Å². The van der Waals surface area contributed by atoms with Gasteiger partial charge in [0, 0.05) is 9.89 Å². The first-order valence-electron chi connectivity index (χ1n) is 4.59. The van der Waals surface area contributed by atoms with E-state index in [0.29, 0.717) is 0 Å². The molecule has 13 heavy (non-hydrogen) atoms. The first-order valence-corrected chi connectivity index (χ1v) is 5.39. The lowest BCUT2D eigenvalue weighted by atomic mass is 9.65. The first-order chi connectivity index (χ1) is 6.28. The summed E-state index contributed by atoms with van der Waals surface area (Å²) in [7, 11) is 0. The van der Waals surface area contributed by atoms with Gasteiger partial charge in [0.1, 0.15) is 0 Å². The maximum absolute atomic E-state index is 12.9. The molecule has 0 unspecified atom stereocenters. The van der Waals surface area contributed by atoms with E-state index in [1.807, 2.05) is 24.3 Å². The number of benzene rings is 1. The molecule has 2 heteroatoms. The van der Waals surface area contributed by atoms with Crippen LogP contribution in [-0.2, 0) is 5.41 Å². The molecule has 1 fully saturated rings. The Hall–Kier alpha value is -0.370. The van der Waals surface area contributed by atoms with Gasteiger partial charge in [-0.25, -0.2) is 0 Å². The normalized spacial score (nSPS) is 19.5. The highest BCUT2D eigenvalue weighted by Gasteiger charge is 2.39. The van der Waals surface area contributed by atoms with Crippen molar-refractivity contribution in [1.29, 1.82) is 0 Å². The fraction of sp³-hybridized carbons (Fsp3) is 0.455. The first kappa shape index (κ1) is 9.20. The van der Waals surface area contributed by atoms with E-state index in [2.05, 4.69) is 15.9 Å². The third-order valence-corrected chi connectivity index (χ3v) is 3.70. The predicted molar refractivity (Wildman–Crippen MR) is 55.6 cm³/mol. The van der Waals surface area contributed by atoms with Crippen LogP contribution in [0.3, 0.4) is 0 Å². The largest absolute Gasteiger partial charge is 0.250 e. The van der Waals surface area contributed by atoms with Crippen molar-refractivity contribution in [2.24, 2.45) is 0 Å². The molecule has 1 saturated carbocycles. The summed E-state index contributed by atoms with van der Waals surface area (Å²) >= 11 is 3.48. The average molecular weight is 243 g/mol. The molecule has 0 bridgehead atoms. The molecule has 0 aliphatic heterocycles. The third-order valence-electron chi connectivity index (χ3n) is 3.01. The summed E-state index contributed by atoms with van der Waals surface area (Å²) in [5.41, 5.74) is 0.976. The van der Waals surface area contributed by atoms with Crippen molar-refractivity contribution in [2.45, 2.75) is 24.7 Å². The van der Waals surface area contributed by atoms with Gasteiger partial charge in [0.15, 0.2) is 0 Å². The summed E-state index contributed by atoms with van der Waals surface area (Å²) in [6.07, 6.45) is 3.14. The molecule has 0 N–H and O–H groups in total. The molecule has 0 atom stereocenters. The Morgan fingerprint density at radius 3 is 2.46 bits per heavy atom. The predicted octanol–water partition coefficient (Wildman–Crippen LogP) is 3.84. The Morgan fingerprint density at radius 2 is 2.00 bits per heavy atom. The highest BCUT2D eigenvalue weighted by Crippen LogP contribution is 2.46. The molecule has 0 amide bonds. The zero-order chi connectivity index (χ0) is 9.31. The van der Waals surface area contributed by atoms with Gasteiger partial charge in [-0.05, 0) is 24.5 Å². The summed E-state index contributed by atoms with van der Waals surface area (Å²) in [5.74, 6) is 0. The quantitative estimate of drug-likeness (QED) is 0.740. The molecule has 70 valence electrons. The molecule has 0 spiro atoms. The van der Waals surface area contributed by atoms with E-state index < -0.39 is 0 Å². The molecule has 1 aromatic rings. The van der Waals surface area contributed by atoms with Crippen LogP contribution in [-0.4, -0.2) is 6.67 Å². The smallest absolute Gasteiger partial charge is 0.0991 e. The monoisotopic (exact) mass is 242 g/mol. The summed E-state index contributed by atoms with van der Waals surface area (Å²) in [6.45, 7) is -0.227. The molecular formula is C11H12BrF. The second kappa shape index (κ2) is 3.41. The Morgan fingerprint density at radius 1 is 1.31 bits per heavy atom. The summed E-state index contributed by atoms with van der Waals surface area (Å²) in [4.78, 5) is 0. The summed E-state index contributed by atoms with van der Waals surface area (Å²) in [5, 5.41) is 0. The SMILES string of the molecule is FCC1(c2ccccc2Br)CCC1. The zero-order valence-corrected chi connectivity index (χ0v) is 8.98. The van der Waals surface area contributed by atoms with Gasteiger partial charge >= 0.3 is 0 Å². The molecule has 1 aliphatic rings. The molecule has 2 rings (SSSR count). The van der Waals surface area contributed by atoms with Crippen LogP contribution in [0.15, 0.2) is 28.7 Å². The van der Waals surface area contributed by atoms with Crippen LogP contribution in [0, 0.1) is 0 Å². The van der Waals surface area contributed by atoms with E-state index in [1.165, 1.54) is 0 Å². The lowest BCUT2D eigenvalue weighted by Crippen LogP contribution is -2.36. The average Bonchev–Trinajstić information content (AvgIpc) is 2.07. The molecule has 0 heterocycles. The van der Waals surface area contributed by atoms with Crippen LogP contribution in [0.25, 0.3) is 0 Å². The number of hydrogen-bond donors (Lipinski definition) is 0. The molecular weight excluding hydrogens is 231 g/mol. The summed E-state index contributed by atoms with van der Waals surface area (Å²) in [6, 6.07) is 7.97. The van der Waals surface area contributed by atoms with Gasteiger partial charge in [-0.1, -0.05) is 40.5 Å². The minimum atomic E-state index is -0.227. The molecule has 0 nitrogen and oxygen atoms in total. The van der Waals surface area contributed by atoms with Gasteiger partial charge < -0.3 is 0 Å². The van der Waals surface area contributed by atoms with Crippen molar-refractivity contribution in [1.82, 2.24) is 0 Å². The van der Waals surface area contributed by atoms with Crippen molar-refractivity contribution in [2.75, 3.05) is 6.67 Å². The van der Waals surface area contributed by atoms with Gasteiger partial charge in [0.2, 0.25) is 0 Å². The highest BCUT2D eigenvalue weighted by atomic mass is 79.9. The fourth-order valence-corrected chi connectivity index (χ4v) is 2.68. The van der Waals surface area contributed by atoms with E-state index in [0.717, 1.165) is 29.3 Å². The molecule has 1 aromatic carbocycles. The minimum Gasteiger partial charge on any atom is -0.250 e. The van der Waals surface area contributed by atoms with E-state index in [-0.39, 0.29) is 12.1 Å². The van der Waals surface area contributed by atoms with Gasteiger partial charge in [0.05, 0.1) is 6.67 Å². The molecule has 1 aliphatic carbocycles. The van der Waals surface area contributed by atoms with E-state index in [1.54, 1.807) is 0 Å². The fourth-order valence-electron chi connectivity index (χ4n) is 1.97. The highest BCUT2D eigenvalue weighted by molar-refractivity contribution is 9.10. The van der Waals surface area contributed by atoms with Gasteiger partial charge in [-0.2, -0.15) is 0 Å². The Kier molecular flexibility index (Phi) is 2.41. The second-order valence-corrected chi connectivity index (χ2v) is 4.60. The number of halogens is 2. The van der Waals surface area contributed by atoms with E-state index in [9.17, 15) is 4.39 Å². The van der Waals surface area contributed by atoms with E-state index in [4.69, 9.17) is 0 Å². The Bertz CT molecular complexity index is 299. The standard InChI is InChI=1S/C11H12BrF/c12-10-5-2-1-4-9(10)11(8-13)6-3-7-11/h1-2,4-5H,3,6-8H2. The maximum atomic E-state index is 12.9. The van der Waals surface area contributed by atoms with E-state index >= 15 is 0 Å². The minimum absolute atomic E-state index is 0.167. The Balaban J connectivity index is 2.38. The maximum Gasteiger partial charge on any atom is 0.0991 e. The van der Waals surface area contributed by atoms with Gasteiger partial charge in [-0.15, -0.1) is 0 Å². The topological polar surface area (TPSA) is 0 Å².